The van der Waals surface area contributed by atoms with Crippen molar-refractivity contribution in [2.75, 3.05) is 13.7 Å². The van der Waals surface area contributed by atoms with Crippen molar-refractivity contribution in [2.45, 2.75) is 25.9 Å². The third kappa shape index (κ3) is 5.73. The summed E-state index contributed by atoms with van der Waals surface area (Å²) in [6.45, 7) is 6.21. The summed E-state index contributed by atoms with van der Waals surface area (Å²) in [7, 11) is 1.67. The molecule has 0 aromatic carbocycles. The van der Waals surface area contributed by atoms with E-state index in [1.807, 2.05) is 6.92 Å². The van der Waals surface area contributed by atoms with Crippen LogP contribution in [0.1, 0.15) is 19.8 Å². The Morgan fingerprint density at radius 3 is 2.64 bits per heavy atom. The van der Waals surface area contributed by atoms with Gasteiger partial charge in [-0.25, -0.2) is 0 Å². The Morgan fingerprint density at radius 1 is 1.64 bits per heavy atom. The molecule has 0 spiro atoms. The number of ether oxygens (including phenoxy) is 2. The van der Waals surface area contributed by atoms with Crippen molar-refractivity contribution in [1.82, 2.24) is 0 Å². The number of nitrogens with two attached hydrogens (primary N) is 1. The summed E-state index contributed by atoms with van der Waals surface area (Å²) in [6, 6.07) is 0. The minimum absolute atomic E-state index is 0.146. The van der Waals surface area contributed by atoms with Crippen LogP contribution in [-0.2, 0) is 9.47 Å². The lowest BCUT2D eigenvalue weighted by Gasteiger charge is -2.15. The summed E-state index contributed by atoms with van der Waals surface area (Å²) < 4.78 is 10.1. The van der Waals surface area contributed by atoms with Crippen LogP contribution in [0, 0.1) is 0 Å². The summed E-state index contributed by atoms with van der Waals surface area (Å²) in [4.78, 5) is 0. The molecule has 1 unspecified atom stereocenters. The van der Waals surface area contributed by atoms with Crippen molar-refractivity contribution >= 4 is 0 Å². The summed E-state index contributed by atoms with van der Waals surface area (Å²) >= 11 is 0. The zero-order valence-electron chi connectivity index (χ0n) is 7.30. The average molecular weight is 159 g/mol. The van der Waals surface area contributed by atoms with Crippen LogP contribution in [0.15, 0.2) is 12.5 Å². The summed E-state index contributed by atoms with van der Waals surface area (Å²) in [6.07, 6.45) is 1.94. The highest BCUT2D eigenvalue weighted by molar-refractivity contribution is 4.74. The fourth-order valence-electron chi connectivity index (χ4n) is 0.810. The second-order valence-corrected chi connectivity index (χ2v) is 2.40. The van der Waals surface area contributed by atoms with Crippen molar-refractivity contribution in [2.24, 2.45) is 5.73 Å². The van der Waals surface area contributed by atoms with Crippen LogP contribution in [0.5, 0.6) is 0 Å². The Hall–Kier alpha value is -0.700. The molecule has 0 aliphatic rings. The van der Waals surface area contributed by atoms with Gasteiger partial charge in [0.05, 0.1) is 0 Å². The van der Waals surface area contributed by atoms with E-state index in [1.165, 1.54) is 0 Å². The Kier molecular flexibility index (Phi) is 5.65. The van der Waals surface area contributed by atoms with E-state index in [9.17, 15) is 0 Å². The minimum Gasteiger partial charge on any atom is -0.477 e. The quantitative estimate of drug-likeness (QED) is 0.593. The van der Waals surface area contributed by atoms with Gasteiger partial charge in [-0.05, 0) is 13.0 Å². The highest BCUT2D eigenvalue weighted by atomic mass is 16.5. The SMILES string of the molecule is C=C(N)OC(CC)CCOC. The molecule has 0 aromatic rings. The number of methoxy groups -OCH3 is 1. The van der Waals surface area contributed by atoms with Crippen molar-refractivity contribution in [3.05, 3.63) is 12.5 Å². The van der Waals surface area contributed by atoms with E-state index in [2.05, 4.69) is 6.58 Å². The zero-order chi connectivity index (χ0) is 8.69. The van der Waals surface area contributed by atoms with Gasteiger partial charge in [0.2, 0.25) is 0 Å². The molecule has 3 nitrogen and oxygen atoms in total. The first-order valence-corrected chi connectivity index (χ1v) is 3.80. The van der Waals surface area contributed by atoms with Gasteiger partial charge in [0, 0.05) is 20.1 Å². The molecule has 0 bridgehead atoms. The van der Waals surface area contributed by atoms with E-state index in [0.717, 1.165) is 12.8 Å². The molecule has 0 fully saturated rings. The second-order valence-electron chi connectivity index (χ2n) is 2.40. The van der Waals surface area contributed by atoms with Crippen LogP contribution >= 0.6 is 0 Å². The molecule has 0 rings (SSSR count). The van der Waals surface area contributed by atoms with Gasteiger partial charge in [0.1, 0.15) is 6.10 Å². The molecule has 0 aromatic heterocycles. The molecule has 0 amide bonds. The largest absolute Gasteiger partial charge is 0.477 e. The van der Waals surface area contributed by atoms with Crippen LogP contribution in [0.2, 0.25) is 0 Å². The first-order valence-electron chi connectivity index (χ1n) is 3.80. The molecule has 3 heteroatoms. The van der Waals surface area contributed by atoms with E-state index in [0.29, 0.717) is 6.61 Å². The van der Waals surface area contributed by atoms with Crippen molar-refractivity contribution < 1.29 is 9.47 Å². The molecule has 1 atom stereocenters. The van der Waals surface area contributed by atoms with E-state index < -0.39 is 0 Å². The van der Waals surface area contributed by atoms with Crippen molar-refractivity contribution in [3.63, 3.8) is 0 Å². The van der Waals surface area contributed by atoms with Gasteiger partial charge in [0.15, 0.2) is 5.88 Å². The maximum absolute atomic E-state index is 5.28. The molecular weight excluding hydrogens is 142 g/mol. The van der Waals surface area contributed by atoms with Crippen LogP contribution < -0.4 is 5.73 Å². The third-order valence-corrected chi connectivity index (χ3v) is 1.42. The summed E-state index contributed by atoms with van der Waals surface area (Å²) in [5, 5.41) is 0. The molecule has 0 aliphatic carbocycles. The van der Waals surface area contributed by atoms with Gasteiger partial charge < -0.3 is 15.2 Å². The van der Waals surface area contributed by atoms with Gasteiger partial charge in [-0.3, -0.25) is 0 Å². The normalized spacial score (nSPS) is 12.5. The average Bonchev–Trinajstić information content (AvgIpc) is 1.97. The summed E-state index contributed by atoms with van der Waals surface area (Å²) in [5.41, 5.74) is 5.28. The zero-order valence-corrected chi connectivity index (χ0v) is 7.30. The maximum Gasteiger partial charge on any atom is 0.176 e. The van der Waals surface area contributed by atoms with E-state index >= 15 is 0 Å². The second kappa shape index (κ2) is 6.04. The molecule has 0 radical (unpaired) electrons. The number of rotatable bonds is 6. The van der Waals surface area contributed by atoms with Crippen LogP contribution in [0.4, 0.5) is 0 Å². The molecule has 0 saturated heterocycles. The van der Waals surface area contributed by atoms with Gasteiger partial charge in [-0.2, -0.15) is 0 Å². The molecule has 2 N–H and O–H groups in total. The molecule has 66 valence electrons. The Balaban J connectivity index is 3.49. The molecule has 0 heterocycles. The van der Waals surface area contributed by atoms with Crippen molar-refractivity contribution in [1.29, 1.82) is 0 Å². The smallest absolute Gasteiger partial charge is 0.176 e. The van der Waals surface area contributed by atoms with E-state index in [1.54, 1.807) is 7.11 Å². The first kappa shape index (κ1) is 10.3. The van der Waals surface area contributed by atoms with E-state index in [-0.39, 0.29) is 12.0 Å². The van der Waals surface area contributed by atoms with Gasteiger partial charge in [-0.1, -0.05) is 6.92 Å². The standard InChI is InChI=1S/C8H17NO2/c1-4-8(5-6-10-3)11-7(2)9/h8H,2,4-6,9H2,1,3H3. The Labute approximate surface area is 68.2 Å². The molecular formula is C8H17NO2. The van der Waals surface area contributed by atoms with Crippen molar-refractivity contribution in [3.8, 4) is 0 Å². The molecule has 11 heavy (non-hydrogen) atoms. The number of hydrogen-bond acceptors (Lipinski definition) is 3. The monoisotopic (exact) mass is 159 g/mol. The topological polar surface area (TPSA) is 44.5 Å². The fraction of sp³-hybridized carbons (Fsp3) is 0.750. The van der Waals surface area contributed by atoms with Gasteiger partial charge in [-0.15, -0.1) is 0 Å². The summed E-state index contributed by atoms with van der Waals surface area (Å²) in [5.74, 6) is 0.285. The Morgan fingerprint density at radius 2 is 2.27 bits per heavy atom. The van der Waals surface area contributed by atoms with Gasteiger partial charge >= 0.3 is 0 Å². The fourth-order valence-corrected chi connectivity index (χ4v) is 0.810. The lowest BCUT2D eigenvalue weighted by Crippen LogP contribution is -2.16. The third-order valence-electron chi connectivity index (χ3n) is 1.42. The maximum atomic E-state index is 5.28. The lowest BCUT2D eigenvalue weighted by molar-refractivity contribution is 0.0730. The Bertz CT molecular complexity index is 115. The highest BCUT2D eigenvalue weighted by Gasteiger charge is 2.05. The minimum atomic E-state index is 0.146. The molecule has 0 saturated carbocycles. The van der Waals surface area contributed by atoms with Gasteiger partial charge in [0.25, 0.3) is 0 Å². The first-order chi connectivity index (χ1) is 5.20. The van der Waals surface area contributed by atoms with E-state index in [4.69, 9.17) is 15.2 Å². The lowest BCUT2D eigenvalue weighted by atomic mass is 10.2. The number of hydrogen-bond donors (Lipinski definition) is 1. The van der Waals surface area contributed by atoms with Crippen LogP contribution in [0.25, 0.3) is 0 Å². The van der Waals surface area contributed by atoms with Crippen LogP contribution in [0.3, 0.4) is 0 Å². The highest BCUT2D eigenvalue weighted by Crippen LogP contribution is 2.05. The predicted octanol–water partition coefficient (Wildman–Crippen LogP) is 1.25. The predicted molar refractivity (Wildman–Crippen MR) is 45.0 cm³/mol. The molecule has 0 aliphatic heterocycles. The van der Waals surface area contributed by atoms with Crippen LogP contribution in [-0.4, -0.2) is 19.8 Å².